The molecule has 4 rings (SSSR count). The molecule has 1 aliphatic heterocycles. The predicted octanol–water partition coefficient (Wildman–Crippen LogP) is 2.86. The van der Waals surface area contributed by atoms with Crippen molar-refractivity contribution < 1.29 is 13.2 Å². The quantitative estimate of drug-likeness (QED) is 0.641. The number of benzene rings is 2. The topological polar surface area (TPSA) is 95.5 Å². The van der Waals surface area contributed by atoms with Crippen molar-refractivity contribution in [3.63, 3.8) is 0 Å². The number of aromatic nitrogens is 2. The van der Waals surface area contributed by atoms with Gasteiger partial charge in [0.2, 0.25) is 5.95 Å². The zero-order valence-corrected chi connectivity index (χ0v) is 18.8. The van der Waals surface area contributed by atoms with Crippen molar-refractivity contribution in [1.29, 1.82) is 0 Å². The van der Waals surface area contributed by atoms with Gasteiger partial charge in [-0.15, -0.1) is 0 Å². The van der Waals surface area contributed by atoms with E-state index in [0.717, 1.165) is 5.56 Å². The molecule has 166 valence electrons. The predicted molar refractivity (Wildman–Crippen MR) is 123 cm³/mol. The lowest BCUT2D eigenvalue weighted by Gasteiger charge is -2.34. The van der Waals surface area contributed by atoms with Gasteiger partial charge in [0, 0.05) is 49.8 Å². The maximum Gasteiger partial charge on any atom is 0.262 e. The van der Waals surface area contributed by atoms with Crippen LogP contribution >= 0.6 is 0 Å². The summed E-state index contributed by atoms with van der Waals surface area (Å²) in [6, 6.07) is 13.7. The summed E-state index contributed by atoms with van der Waals surface area (Å²) in [7, 11) is -3.83. The Hall–Kier alpha value is -3.46. The van der Waals surface area contributed by atoms with Gasteiger partial charge in [0.25, 0.3) is 15.9 Å². The molecule has 0 atom stereocenters. The average molecular weight is 452 g/mol. The van der Waals surface area contributed by atoms with Crippen LogP contribution < -0.4 is 9.62 Å². The molecule has 3 aromatic rings. The molecule has 1 aliphatic rings. The molecule has 32 heavy (non-hydrogen) atoms. The molecule has 8 nitrogen and oxygen atoms in total. The highest BCUT2D eigenvalue weighted by molar-refractivity contribution is 7.92. The van der Waals surface area contributed by atoms with Gasteiger partial charge in [0.1, 0.15) is 0 Å². The molecule has 0 unspecified atom stereocenters. The van der Waals surface area contributed by atoms with E-state index in [0.29, 0.717) is 48.9 Å². The smallest absolute Gasteiger partial charge is 0.262 e. The fourth-order valence-corrected chi connectivity index (χ4v) is 4.93. The molecule has 1 amide bonds. The van der Waals surface area contributed by atoms with Gasteiger partial charge in [0.15, 0.2) is 0 Å². The van der Waals surface area contributed by atoms with Crippen LogP contribution in [0.25, 0.3) is 0 Å². The highest BCUT2D eigenvalue weighted by Crippen LogP contribution is 2.22. The Bertz CT molecular complexity index is 1210. The Labute approximate surface area is 188 Å². The minimum absolute atomic E-state index is 0.0975. The number of amides is 1. The Kier molecular flexibility index (Phi) is 6.09. The highest BCUT2D eigenvalue weighted by atomic mass is 32.2. The normalized spacial score (nSPS) is 14.3. The minimum Gasteiger partial charge on any atom is -0.337 e. The lowest BCUT2D eigenvalue weighted by Crippen LogP contribution is -2.49. The van der Waals surface area contributed by atoms with Gasteiger partial charge in [-0.05, 0) is 49.7 Å². The molecule has 0 spiro atoms. The van der Waals surface area contributed by atoms with Crippen LogP contribution in [-0.2, 0) is 10.0 Å². The second-order valence-corrected chi connectivity index (χ2v) is 9.43. The van der Waals surface area contributed by atoms with Gasteiger partial charge in [-0.2, -0.15) is 0 Å². The SMILES string of the molecule is Cc1ccc(NS(=O)(=O)c2cc(C(=O)N3CCN(c4ncccn4)CC3)ccc2C)cc1. The fourth-order valence-electron chi connectivity index (χ4n) is 3.60. The Balaban J connectivity index is 1.49. The maximum absolute atomic E-state index is 13.1. The second-order valence-electron chi connectivity index (χ2n) is 7.78. The van der Waals surface area contributed by atoms with Gasteiger partial charge in [-0.3, -0.25) is 9.52 Å². The number of hydrogen-bond donors (Lipinski definition) is 1. The number of rotatable bonds is 5. The van der Waals surface area contributed by atoms with Gasteiger partial charge >= 0.3 is 0 Å². The summed E-state index contributed by atoms with van der Waals surface area (Å²) in [5.74, 6) is 0.455. The molecular formula is C23H25N5O3S. The molecule has 1 aromatic heterocycles. The molecule has 1 saturated heterocycles. The van der Waals surface area contributed by atoms with E-state index in [1.165, 1.54) is 6.07 Å². The van der Waals surface area contributed by atoms with E-state index in [9.17, 15) is 13.2 Å². The lowest BCUT2D eigenvalue weighted by atomic mass is 10.1. The first kappa shape index (κ1) is 21.8. The molecule has 1 fully saturated rings. The number of aryl methyl sites for hydroxylation is 2. The summed E-state index contributed by atoms with van der Waals surface area (Å²) in [6.45, 7) is 5.90. The van der Waals surface area contributed by atoms with Crippen molar-refractivity contribution in [2.45, 2.75) is 18.7 Å². The molecule has 0 bridgehead atoms. The number of nitrogens with one attached hydrogen (secondary N) is 1. The first-order valence-corrected chi connectivity index (χ1v) is 11.8. The number of carbonyl (C=O) groups excluding carboxylic acids is 1. The van der Waals surface area contributed by atoms with Crippen molar-refractivity contribution in [3.05, 3.63) is 77.6 Å². The molecule has 0 aliphatic carbocycles. The lowest BCUT2D eigenvalue weighted by molar-refractivity contribution is 0.0746. The van der Waals surface area contributed by atoms with Crippen LogP contribution in [0.2, 0.25) is 0 Å². The van der Waals surface area contributed by atoms with Crippen molar-refractivity contribution in [1.82, 2.24) is 14.9 Å². The van der Waals surface area contributed by atoms with E-state index >= 15 is 0 Å². The number of piperazine rings is 1. The van der Waals surface area contributed by atoms with Crippen LogP contribution in [0.15, 0.2) is 65.8 Å². The summed E-state index contributed by atoms with van der Waals surface area (Å²) in [6.07, 6.45) is 3.39. The van der Waals surface area contributed by atoms with Gasteiger partial charge in [0.05, 0.1) is 4.90 Å². The van der Waals surface area contributed by atoms with Crippen LogP contribution in [0.3, 0.4) is 0 Å². The first-order chi connectivity index (χ1) is 15.3. The van der Waals surface area contributed by atoms with Crippen molar-refractivity contribution in [2.24, 2.45) is 0 Å². The van der Waals surface area contributed by atoms with E-state index in [1.807, 2.05) is 24.0 Å². The minimum atomic E-state index is -3.83. The van der Waals surface area contributed by atoms with Crippen molar-refractivity contribution >= 4 is 27.6 Å². The number of sulfonamides is 1. The number of carbonyl (C=O) groups is 1. The standard InChI is InChI=1S/C23H25N5O3S/c1-17-4-8-20(9-5-17)26-32(30,31)21-16-19(7-6-18(21)2)22(29)27-12-14-28(15-13-27)23-24-10-3-11-25-23/h3-11,16,26H,12-15H2,1-2H3. The third kappa shape index (κ3) is 4.72. The molecule has 0 radical (unpaired) electrons. The highest BCUT2D eigenvalue weighted by Gasteiger charge is 2.25. The van der Waals surface area contributed by atoms with Crippen molar-refractivity contribution in [3.8, 4) is 0 Å². The molecule has 1 N–H and O–H groups in total. The molecule has 2 aromatic carbocycles. The summed E-state index contributed by atoms with van der Waals surface area (Å²) in [5.41, 5.74) is 2.44. The summed E-state index contributed by atoms with van der Waals surface area (Å²) >= 11 is 0. The molecule has 9 heteroatoms. The zero-order chi connectivity index (χ0) is 22.7. The summed E-state index contributed by atoms with van der Waals surface area (Å²) < 4.78 is 28.6. The van der Waals surface area contributed by atoms with Crippen LogP contribution in [-0.4, -0.2) is 55.4 Å². The van der Waals surface area contributed by atoms with E-state index in [4.69, 9.17) is 0 Å². The summed E-state index contributed by atoms with van der Waals surface area (Å²) in [5, 5.41) is 0. The van der Waals surface area contributed by atoms with Crippen LogP contribution in [0.4, 0.5) is 11.6 Å². The molecule has 2 heterocycles. The van der Waals surface area contributed by atoms with Crippen LogP contribution in [0, 0.1) is 13.8 Å². The third-order valence-corrected chi connectivity index (χ3v) is 6.95. The number of anilines is 2. The fraction of sp³-hybridized carbons (Fsp3) is 0.261. The second kappa shape index (κ2) is 8.96. The number of nitrogens with zero attached hydrogens (tertiary/aromatic N) is 4. The van der Waals surface area contributed by atoms with Crippen molar-refractivity contribution in [2.75, 3.05) is 35.8 Å². The van der Waals surface area contributed by atoms with Gasteiger partial charge < -0.3 is 9.80 Å². The largest absolute Gasteiger partial charge is 0.337 e. The average Bonchev–Trinajstić information content (AvgIpc) is 2.81. The Morgan fingerprint density at radius 3 is 2.25 bits per heavy atom. The van der Waals surface area contributed by atoms with E-state index in [-0.39, 0.29) is 10.8 Å². The van der Waals surface area contributed by atoms with Gasteiger partial charge in [-0.25, -0.2) is 18.4 Å². The van der Waals surface area contributed by atoms with E-state index < -0.39 is 10.0 Å². The van der Waals surface area contributed by atoms with E-state index in [1.54, 1.807) is 54.5 Å². The maximum atomic E-state index is 13.1. The monoisotopic (exact) mass is 451 g/mol. The Morgan fingerprint density at radius 1 is 0.938 bits per heavy atom. The zero-order valence-electron chi connectivity index (χ0n) is 18.0. The molecular weight excluding hydrogens is 426 g/mol. The first-order valence-electron chi connectivity index (χ1n) is 10.3. The number of hydrogen-bond acceptors (Lipinski definition) is 6. The van der Waals surface area contributed by atoms with E-state index in [2.05, 4.69) is 14.7 Å². The Morgan fingerprint density at radius 2 is 1.59 bits per heavy atom. The molecule has 0 saturated carbocycles. The summed E-state index contributed by atoms with van der Waals surface area (Å²) in [4.78, 5) is 25.5. The van der Waals surface area contributed by atoms with Gasteiger partial charge in [-0.1, -0.05) is 23.8 Å². The third-order valence-electron chi connectivity index (χ3n) is 5.43. The van der Waals surface area contributed by atoms with Crippen LogP contribution in [0.1, 0.15) is 21.5 Å². The van der Waals surface area contributed by atoms with Crippen LogP contribution in [0.5, 0.6) is 0 Å².